The van der Waals surface area contributed by atoms with Crippen molar-refractivity contribution in [1.82, 2.24) is 4.98 Å². The van der Waals surface area contributed by atoms with Gasteiger partial charge in [0.1, 0.15) is 17.2 Å². The highest BCUT2D eigenvalue weighted by Crippen LogP contribution is 2.25. The van der Waals surface area contributed by atoms with E-state index in [1.807, 2.05) is 0 Å². The van der Waals surface area contributed by atoms with Crippen molar-refractivity contribution >= 4 is 34.6 Å². The Bertz CT molecular complexity index is 633. The summed E-state index contributed by atoms with van der Waals surface area (Å²) in [7, 11) is 0. The molecular weight excluding hydrogens is 298 g/mol. The highest BCUT2D eigenvalue weighted by molar-refractivity contribution is 7.15. The number of benzene rings is 1. The maximum Gasteiger partial charge on any atom is 0.340 e. The lowest BCUT2D eigenvalue weighted by Gasteiger charge is -2.10. The number of carboxylic acids is 1. The highest BCUT2D eigenvalue weighted by atomic mass is 35.5. The van der Waals surface area contributed by atoms with Gasteiger partial charge in [0.2, 0.25) is 0 Å². The van der Waals surface area contributed by atoms with E-state index in [1.165, 1.54) is 6.20 Å². The Balaban J connectivity index is 2.28. The van der Waals surface area contributed by atoms with Crippen LogP contribution in [-0.4, -0.2) is 16.1 Å². The molecule has 1 aromatic carbocycles. The Hall–Kier alpha value is -1.73. The zero-order valence-corrected chi connectivity index (χ0v) is 10.9. The van der Waals surface area contributed by atoms with Gasteiger partial charge in [-0.25, -0.2) is 18.6 Å². The molecule has 0 radical (unpaired) electrons. The van der Waals surface area contributed by atoms with Crippen molar-refractivity contribution in [3.05, 3.63) is 44.9 Å². The van der Waals surface area contributed by atoms with Crippen molar-refractivity contribution in [3.63, 3.8) is 0 Å². The first-order chi connectivity index (χ1) is 8.99. The van der Waals surface area contributed by atoms with E-state index in [2.05, 4.69) is 10.3 Å². The van der Waals surface area contributed by atoms with E-state index in [1.54, 1.807) is 0 Å². The summed E-state index contributed by atoms with van der Waals surface area (Å²) in [6.07, 6.45) is 1.47. The molecule has 8 heteroatoms. The Morgan fingerprint density at radius 2 is 2.11 bits per heavy atom. The SMILES string of the molecule is O=C(O)c1c(F)ccc(F)c1NCc1cnc(Cl)s1. The van der Waals surface area contributed by atoms with Crippen molar-refractivity contribution in [2.75, 3.05) is 5.32 Å². The van der Waals surface area contributed by atoms with Crippen molar-refractivity contribution in [2.24, 2.45) is 0 Å². The second-order valence-corrected chi connectivity index (χ2v) is 5.21. The monoisotopic (exact) mass is 304 g/mol. The maximum atomic E-state index is 13.6. The van der Waals surface area contributed by atoms with Gasteiger partial charge in [0.25, 0.3) is 0 Å². The Morgan fingerprint density at radius 1 is 1.42 bits per heavy atom. The number of halogens is 3. The van der Waals surface area contributed by atoms with Crippen LogP contribution in [0.25, 0.3) is 0 Å². The van der Waals surface area contributed by atoms with Crippen LogP contribution in [0.15, 0.2) is 18.3 Å². The Labute approximate surface area is 115 Å². The Kier molecular flexibility index (Phi) is 3.96. The van der Waals surface area contributed by atoms with Crippen LogP contribution in [0.3, 0.4) is 0 Å². The summed E-state index contributed by atoms with van der Waals surface area (Å²) in [5.41, 5.74) is -1.12. The minimum absolute atomic E-state index is 0.102. The van der Waals surface area contributed by atoms with Gasteiger partial charge in [-0.05, 0) is 12.1 Å². The lowest BCUT2D eigenvalue weighted by Crippen LogP contribution is -2.10. The van der Waals surface area contributed by atoms with Crippen LogP contribution < -0.4 is 5.32 Å². The molecule has 0 amide bonds. The molecule has 0 unspecified atom stereocenters. The van der Waals surface area contributed by atoms with Gasteiger partial charge in [-0.15, -0.1) is 11.3 Å². The zero-order chi connectivity index (χ0) is 14.0. The molecule has 0 bridgehead atoms. The molecule has 0 aliphatic rings. The second kappa shape index (κ2) is 5.50. The molecule has 19 heavy (non-hydrogen) atoms. The van der Waals surface area contributed by atoms with Gasteiger partial charge < -0.3 is 10.4 Å². The number of carboxylic acid groups (broad SMARTS) is 1. The highest BCUT2D eigenvalue weighted by Gasteiger charge is 2.19. The largest absolute Gasteiger partial charge is 0.478 e. The molecule has 0 fully saturated rings. The number of carbonyl (C=O) groups is 1. The van der Waals surface area contributed by atoms with Gasteiger partial charge in [0.15, 0.2) is 4.47 Å². The van der Waals surface area contributed by atoms with Gasteiger partial charge in [0, 0.05) is 11.1 Å². The maximum absolute atomic E-state index is 13.6. The number of nitrogens with one attached hydrogen (secondary N) is 1. The summed E-state index contributed by atoms with van der Waals surface area (Å²) in [5, 5.41) is 11.4. The molecule has 0 saturated carbocycles. The van der Waals surface area contributed by atoms with Crippen LogP contribution in [0.4, 0.5) is 14.5 Å². The zero-order valence-electron chi connectivity index (χ0n) is 9.28. The standard InChI is InChI=1S/C11H7ClF2N2O2S/c12-11-16-4-5(19-11)3-15-9-7(14)2-1-6(13)8(9)10(17)18/h1-2,4,15H,3H2,(H,17,18). The fraction of sp³-hybridized carbons (Fsp3) is 0.0909. The van der Waals surface area contributed by atoms with Gasteiger partial charge in [-0.2, -0.15) is 0 Å². The van der Waals surface area contributed by atoms with Crippen LogP contribution in [-0.2, 0) is 6.54 Å². The molecule has 4 nitrogen and oxygen atoms in total. The lowest BCUT2D eigenvalue weighted by molar-refractivity contribution is 0.0692. The summed E-state index contributed by atoms with van der Waals surface area (Å²) < 4.78 is 27.3. The fourth-order valence-electron chi connectivity index (χ4n) is 1.47. The molecule has 2 aromatic rings. The molecule has 1 heterocycles. The minimum atomic E-state index is -1.54. The molecule has 0 spiro atoms. The predicted molar refractivity (Wildman–Crippen MR) is 67.8 cm³/mol. The van der Waals surface area contributed by atoms with Gasteiger partial charge in [0.05, 0.1) is 12.2 Å². The number of nitrogens with zero attached hydrogens (tertiary/aromatic N) is 1. The number of rotatable bonds is 4. The number of hydrogen-bond acceptors (Lipinski definition) is 4. The van der Waals surface area contributed by atoms with E-state index in [4.69, 9.17) is 16.7 Å². The predicted octanol–water partition coefficient (Wildman–Crippen LogP) is 3.39. The van der Waals surface area contributed by atoms with Gasteiger partial charge in [-0.1, -0.05) is 11.6 Å². The van der Waals surface area contributed by atoms with Crippen molar-refractivity contribution in [2.45, 2.75) is 6.54 Å². The third-order valence-corrected chi connectivity index (χ3v) is 3.40. The van der Waals surface area contributed by atoms with Gasteiger partial charge in [-0.3, -0.25) is 0 Å². The average molecular weight is 305 g/mol. The summed E-state index contributed by atoms with van der Waals surface area (Å²) >= 11 is 6.79. The smallest absolute Gasteiger partial charge is 0.340 e. The molecule has 2 rings (SSSR count). The third kappa shape index (κ3) is 2.99. The van der Waals surface area contributed by atoms with Crippen LogP contribution in [0, 0.1) is 11.6 Å². The number of aromatic carboxylic acids is 1. The molecular formula is C11H7ClF2N2O2S. The molecule has 2 N–H and O–H groups in total. The first-order valence-electron chi connectivity index (χ1n) is 5.04. The topological polar surface area (TPSA) is 62.2 Å². The summed E-state index contributed by atoms with van der Waals surface area (Å²) in [5.74, 6) is -3.38. The first kappa shape index (κ1) is 13.7. The van der Waals surface area contributed by atoms with Crippen molar-refractivity contribution in [3.8, 4) is 0 Å². The van der Waals surface area contributed by atoms with Crippen LogP contribution >= 0.6 is 22.9 Å². The van der Waals surface area contributed by atoms with E-state index in [0.29, 0.717) is 9.34 Å². The quantitative estimate of drug-likeness (QED) is 0.909. The molecule has 1 aromatic heterocycles. The summed E-state index contributed by atoms with van der Waals surface area (Å²) in [6.45, 7) is 0.102. The van der Waals surface area contributed by atoms with E-state index >= 15 is 0 Å². The average Bonchev–Trinajstić information content (AvgIpc) is 2.75. The van der Waals surface area contributed by atoms with Crippen LogP contribution in [0.1, 0.15) is 15.2 Å². The molecule has 0 aliphatic heterocycles. The molecule has 0 saturated heterocycles. The van der Waals surface area contributed by atoms with Crippen LogP contribution in [0.2, 0.25) is 4.47 Å². The normalized spacial score (nSPS) is 10.5. The molecule has 0 atom stereocenters. The number of aromatic nitrogens is 1. The van der Waals surface area contributed by atoms with Gasteiger partial charge >= 0.3 is 5.97 Å². The summed E-state index contributed by atoms with van der Waals surface area (Å²) in [4.78, 5) is 15.4. The van der Waals surface area contributed by atoms with Crippen molar-refractivity contribution < 1.29 is 18.7 Å². The lowest BCUT2D eigenvalue weighted by atomic mass is 10.1. The van der Waals surface area contributed by atoms with E-state index in [9.17, 15) is 13.6 Å². The van der Waals surface area contributed by atoms with E-state index in [-0.39, 0.29) is 6.54 Å². The summed E-state index contributed by atoms with van der Waals surface area (Å²) in [6, 6.07) is 1.64. The number of hydrogen-bond donors (Lipinski definition) is 2. The van der Waals surface area contributed by atoms with Crippen molar-refractivity contribution in [1.29, 1.82) is 0 Å². The third-order valence-electron chi connectivity index (χ3n) is 2.28. The molecule has 0 aliphatic carbocycles. The minimum Gasteiger partial charge on any atom is -0.478 e. The fourth-order valence-corrected chi connectivity index (χ4v) is 2.39. The first-order valence-corrected chi connectivity index (χ1v) is 6.24. The second-order valence-electron chi connectivity index (χ2n) is 3.52. The van der Waals surface area contributed by atoms with E-state index in [0.717, 1.165) is 23.5 Å². The molecule has 100 valence electrons. The van der Waals surface area contributed by atoms with Crippen LogP contribution in [0.5, 0.6) is 0 Å². The van der Waals surface area contributed by atoms with E-state index < -0.39 is 28.9 Å². The number of anilines is 1. The Morgan fingerprint density at radius 3 is 2.68 bits per heavy atom. The number of thiazole rings is 1.